The summed E-state index contributed by atoms with van der Waals surface area (Å²) in [4.78, 5) is 32.6. The monoisotopic (exact) mass is 473 g/mol. The van der Waals surface area contributed by atoms with Gasteiger partial charge in [0.15, 0.2) is 0 Å². The Morgan fingerprint density at radius 1 is 1.26 bits per heavy atom. The minimum Gasteiger partial charge on any atom is -0.475 e. The molecule has 1 aliphatic rings. The van der Waals surface area contributed by atoms with Crippen LogP contribution >= 0.6 is 0 Å². The summed E-state index contributed by atoms with van der Waals surface area (Å²) in [6.07, 6.45) is 4.40. The van der Waals surface area contributed by atoms with Crippen LogP contribution in [0.4, 0.5) is 14.5 Å². The first-order valence-corrected chi connectivity index (χ1v) is 11.1. The van der Waals surface area contributed by atoms with Crippen LogP contribution in [0.3, 0.4) is 0 Å². The van der Waals surface area contributed by atoms with Crippen LogP contribution in [0.1, 0.15) is 35.7 Å². The average Bonchev–Trinajstić information content (AvgIpc) is 3.26. The van der Waals surface area contributed by atoms with Gasteiger partial charge < -0.3 is 19.3 Å². The number of carbonyl (C=O) groups excluding carboxylic acids is 2. The molecule has 1 aromatic carbocycles. The summed E-state index contributed by atoms with van der Waals surface area (Å²) in [7, 11) is 3.21. The van der Waals surface area contributed by atoms with Crippen molar-refractivity contribution in [1.82, 2.24) is 9.88 Å². The largest absolute Gasteiger partial charge is 0.475 e. The standard InChI is InChI=1S/C25H29F2N3O4/c1-5-33-25(32)19(14-29(3)4)23(31)18-12-21(27)22(13-20(18)26)30-11-7-9-17(30)15-34-24-16(2)8-6-10-28-24/h6,8,10,12-14,17H,5,7,9,11,15H2,1-4H3/b19-14-/t17-/m1/s1. The Morgan fingerprint density at radius 3 is 2.71 bits per heavy atom. The highest BCUT2D eigenvalue weighted by atomic mass is 19.1. The predicted molar refractivity (Wildman–Crippen MR) is 124 cm³/mol. The van der Waals surface area contributed by atoms with Gasteiger partial charge in [-0.2, -0.15) is 0 Å². The molecule has 0 bridgehead atoms. The molecule has 0 unspecified atom stereocenters. The van der Waals surface area contributed by atoms with Crippen molar-refractivity contribution in [3.63, 3.8) is 0 Å². The molecular formula is C25H29F2N3O4. The zero-order valence-electron chi connectivity index (χ0n) is 19.8. The molecular weight excluding hydrogens is 444 g/mol. The molecule has 0 N–H and O–H groups in total. The molecule has 1 saturated heterocycles. The number of Topliss-reactive ketones (excluding diaryl/α,β-unsaturated/α-hetero) is 1. The van der Waals surface area contributed by atoms with E-state index in [1.807, 2.05) is 19.1 Å². The van der Waals surface area contributed by atoms with Crippen molar-refractivity contribution in [3.05, 3.63) is 65.0 Å². The number of hydrogen-bond donors (Lipinski definition) is 0. The highest BCUT2D eigenvalue weighted by molar-refractivity contribution is 6.24. The van der Waals surface area contributed by atoms with E-state index in [2.05, 4.69) is 4.98 Å². The van der Waals surface area contributed by atoms with E-state index in [-0.39, 0.29) is 30.5 Å². The van der Waals surface area contributed by atoms with Crippen molar-refractivity contribution in [3.8, 4) is 5.88 Å². The van der Waals surface area contributed by atoms with Gasteiger partial charge in [0.2, 0.25) is 11.7 Å². The molecule has 0 radical (unpaired) electrons. The summed E-state index contributed by atoms with van der Waals surface area (Å²) in [5, 5.41) is 0. The SMILES string of the molecule is CCOC(=O)/C(=C\N(C)C)C(=O)c1cc(F)c(N2CCC[C@@H]2COc2ncccc2C)cc1F. The third kappa shape index (κ3) is 5.70. The summed E-state index contributed by atoms with van der Waals surface area (Å²) in [6, 6.07) is 5.36. The van der Waals surface area contributed by atoms with Crippen LogP contribution in [-0.2, 0) is 9.53 Å². The molecule has 34 heavy (non-hydrogen) atoms. The van der Waals surface area contributed by atoms with E-state index in [0.717, 1.165) is 30.5 Å². The van der Waals surface area contributed by atoms with Gasteiger partial charge in [-0.05, 0) is 38.8 Å². The Hall–Kier alpha value is -3.49. The number of aryl methyl sites for hydroxylation is 1. The number of nitrogens with zero attached hydrogens (tertiary/aromatic N) is 3. The molecule has 1 fully saturated rings. The quantitative estimate of drug-likeness (QED) is 0.180. The lowest BCUT2D eigenvalue weighted by Crippen LogP contribution is -2.35. The minimum atomic E-state index is -0.943. The Kier molecular flexibility index (Phi) is 8.20. The molecule has 0 aliphatic carbocycles. The number of halogens is 2. The Balaban J connectivity index is 1.84. The van der Waals surface area contributed by atoms with Crippen LogP contribution in [0.2, 0.25) is 0 Å². The number of esters is 1. The third-order valence-electron chi connectivity index (χ3n) is 5.47. The van der Waals surface area contributed by atoms with Crippen LogP contribution in [0.15, 0.2) is 42.2 Å². The molecule has 9 heteroatoms. The second-order valence-electron chi connectivity index (χ2n) is 8.27. The van der Waals surface area contributed by atoms with Gasteiger partial charge >= 0.3 is 5.97 Å². The van der Waals surface area contributed by atoms with Crippen molar-refractivity contribution in [1.29, 1.82) is 0 Å². The molecule has 2 aromatic rings. The number of pyridine rings is 1. The van der Waals surface area contributed by atoms with E-state index in [0.29, 0.717) is 12.4 Å². The van der Waals surface area contributed by atoms with Gasteiger partial charge in [-0.15, -0.1) is 0 Å². The van der Waals surface area contributed by atoms with E-state index >= 15 is 8.78 Å². The fourth-order valence-electron chi connectivity index (χ4n) is 3.87. The molecule has 0 amide bonds. The van der Waals surface area contributed by atoms with Crippen LogP contribution in [0.25, 0.3) is 0 Å². The number of benzene rings is 1. The van der Waals surface area contributed by atoms with E-state index in [4.69, 9.17) is 9.47 Å². The lowest BCUT2D eigenvalue weighted by Gasteiger charge is -2.27. The molecule has 1 atom stereocenters. The number of rotatable bonds is 9. The predicted octanol–water partition coefficient (Wildman–Crippen LogP) is 3.91. The van der Waals surface area contributed by atoms with E-state index in [9.17, 15) is 9.59 Å². The zero-order chi connectivity index (χ0) is 24.8. The van der Waals surface area contributed by atoms with Gasteiger partial charge in [-0.25, -0.2) is 18.6 Å². The number of carbonyl (C=O) groups is 2. The average molecular weight is 474 g/mol. The highest BCUT2D eigenvalue weighted by Gasteiger charge is 2.31. The van der Waals surface area contributed by atoms with E-state index < -0.39 is 29.0 Å². The highest BCUT2D eigenvalue weighted by Crippen LogP contribution is 2.31. The van der Waals surface area contributed by atoms with Gasteiger partial charge in [0.25, 0.3) is 0 Å². The first-order chi connectivity index (χ1) is 16.2. The Morgan fingerprint density at radius 2 is 2.03 bits per heavy atom. The lowest BCUT2D eigenvalue weighted by atomic mass is 10.0. The third-order valence-corrected chi connectivity index (χ3v) is 5.47. The number of aromatic nitrogens is 1. The molecule has 182 valence electrons. The molecule has 0 spiro atoms. The second-order valence-corrected chi connectivity index (χ2v) is 8.27. The van der Waals surface area contributed by atoms with Crippen molar-refractivity contribution < 1.29 is 27.8 Å². The second kappa shape index (κ2) is 11.1. The maximum Gasteiger partial charge on any atom is 0.343 e. The van der Waals surface area contributed by atoms with Crippen molar-refractivity contribution in [2.45, 2.75) is 32.7 Å². The van der Waals surface area contributed by atoms with Gasteiger partial charge in [-0.1, -0.05) is 6.07 Å². The first-order valence-electron chi connectivity index (χ1n) is 11.1. The Labute approximate surface area is 198 Å². The lowest BCUT2D eigenvalue weighted by molar-refractivity contribution is -0.138. The van der Waals surface area contributed by atoms with Crippen LogP contribution < -0.4 is 9.64 Å². The Bertz CT molecular complexity index is 1090. The van der Waals surface area contributed by atoms with Crippen molar-refractivity contribution in [2.24, 2.45) is 0 Å². The van der Waals surface area contributed by atoms with Gasteiger partial charge in [0, 0.05) is 44.7 Å². The smallest absolute Gasteiger partial charge is 0.343 e. The van der Waals surface area contributed by atoms with Crippen LogP contribution in [0.5, 0.6) is 5.88 Å². The molecule has 2 heterocycles. The van der Waals surface area contributed by atoms with E-state index in [1.165, 1.54) is 11.1 Å². The fourth-order valence-corrected chi connectivity index (χ4v) is 3.87. The minimum absolute atomic E-state index is 0.0448. The number of hydrogen-bond acceptors (Lipinski definition) is 7. The normalized spacial score (nSPS) is 15.9. The maximum absolute atomic E-state index is 15.2. The zero-order valence-corrected chi connectivity index (χ0v) is 19.8. The summed E-state index contributed by atoms with van der Waals surface area (Å²) in [5.74, 6) is -3.00. The van der Waals surface area contributed by atoms with Gasteiger partial charge in [-0.3, -0.25) is 4.79 Å². The van der Waals surface area contributed by atoms with Crippen LogP contribution in [0, 0.1) is 18.6 Å². The van der Waals surface area contributed by atoms with Crippen molar-refractivity contribution in [2.75, 3.05) is 38.8 Å². The maximum atomic E-state index is 15.2. The summed E-state index contributed by atoms with van der Waals surface area (Å²) < 4.78 is 41.0. The summed E-state index contributed by atoms with van der Waals surface area (Å²) >= 11 is 0. The molecule has 1 aliphatic heterocycles. The van der Waals surface area contributed by atoms with Gasteiger partial charge in [0.1, 0.15) is 23.8 Å². The van der Waals surface area contributed by atoms with E-state index in [1.54, 1.807) is 32.1 Å². The molecule has 7 nitrogen and oxygen atoms in total. The number of anilines is 1. The number of ether oxygens (including phenoxy) is 2. The summed E-state index contributed by atoms with van der Waals surface area (Å²) in [6.45, 7) is 4.31. The molecule has 0 saturated carbocycles. The molecule has 3 rings (SSSR count). The van der Waals surface area contributed by atoms with Crippen molar-refractivity contribution >= 4 is 17.4 Å². The van der Waals surface area contributed by atoms with Gasteiger partial charge in [0.05, 0.1) is 23.9 Å². The molecule has 1 aromatic heterocycles. The fraction of sp³-hybridized carbons (Fsp3) is 0.400. The first kappa shape index (κ1) is 25.1. The summed E-state index contributed by atoms with van der Waals surface area (Å²) in [5.41, 5.74) is 0.0251. The number of ketones is 1. The topological polar surface area (TPSA) is 72.0 Å². The van der Waals surface area contributed by atoms with Crippen LogP contribution in [-0.4, -0.2) is 61.5 Å².